The predicted molar refractivity (Wildman–Crippen MR) is 186 cm³/mol. The lowest BCUT2D eigenvalue weighted by molar-refractivity contribution is -0.145. The van der Waals surface area contributed by atoms with E-state index >= 15 is 0 Å². The second kappa shape index (κ2) is 30.5. The van der Waals surface area contributed by atoms with Crippen LogP contribution in [0.1, 0.15) is 180 Å². The van der Waals surface area contributed by atoms with Crippen molar-refractivity contribution in [1.82, 2.24) is 5.32 Å². The quantitative estimate of drug-likeness (QED) is 0.0659. The maximum atomic E-state index is 12.5. The average Bonchev–Trinajstić information content (AvgIpc) is 3.03. The number of hydrogen-bond donors (Lipinski definition) is 1. The second-order valence-electron chi connectivity index (χ2n) is 13.0. The zero-order chi connectivity index (χ0) is 31.1. The number of hydrogen-bond acceptors (Lipinski definition) is 4. The summed E-state index contributed by atoms with van der Waals surface area (Å²) >= 11 is 0. The Morgan fingerprint density at radius 3 is 1.60 bits per heavy atom. The van der Waals surface area contributed by atoms with Crippen molar-refractivity contribution in [2.45, 2.75) is 181 Å². The van der Waals surface area contributed by atoms with Gasteiger partial charge in [0.1, 0.15) is 5.75 Å². The number of esters is 1. The van der Waals surface area contributed by atoms with Gasteiger partial charge in [-0.1, -0.05) is 154 Å². The lowest BCUT2D eigenvalue weighted by Gasteiger charge is -2.17. The van der Waals surface area contributed by atoms with E-state index in [2.05, 4.69) is 31.3 Å². The predicted octanol–water partition coefficient (Wildman–Crippen LogP) is 11.7. The number of unbranched alkanes of at least 4 members (excludes halogenated alkanes) is 19. The summed E-state index contributed by atoms with van der Waals surface area (Å²) in [5.74, 6) is 1.46. The van der Waals surface area contributed by atoms with Gasteiger partial charge >= 0.3 is 5.97 Å². The van der Waals surface area contributed by atoms with Gasteiger partial charge in [0, 0.05) is 13.0 Å². The van der Waals surface area contributed by atoms with E-state index in [0.717, 1.165) is 44.5 Å². The maximum Gasteiger partial charge on any atom is 0.305 e. The van der Waals surface area contributed by atoms with Crippen LogP contribution in [0.4, 0.5) is 0 Å². The Labute approximate surface area is 267 Å². The first-order valence-electron chi connectivity index (χ1n) is 18.7. The maximum absolute atomic E-state index is 12.5. The molecule has 0 spiro atoms. The Morgan fingerprint density at radius 1 is 0.628 bits per heavy atom. The summed E-state index contributed by atoms with van der Waals surface area (Å²) in [4.78, 5) is 12.5. The summed E-state index contributed by atoms with van der Waals surface area (Å²) < 4.78 is 11.0. The van der Waals surface area contributed by atoms with Gasteiger partial charge in [-0.3, -0.25) is 4.79 Å². The molecule has 0 saturated heterocycles. The molecule has 0 radical (unpaired) electrons. The molecule has 250 valence electrons. The van der Waals surface area contributed by atoms with E-state index in [-0.39, 0.29) is 5.97 Å². The Morgan fingerprint density at radius 2 is 1.09 bits per heavy atom. The van der Waals surface area contributed by atoms with Gasteiger partial charge in [0.15, 0.2) is 0 Å². The van der Waals surface area contributed by atoms with Gasteiger partial charge in [-0.15, -0.1) is 0 Å². The normalized spacial score (nSPS) is 11.3. The van der Waals surface area contributed by atoms with Crippen LogP contribution in [0.15, 0.2) is 24.3 Å². The summed E-state index contributed by atoms with van der Waals surface area (Å²) in [5, 5.41) is 3.52. The molecule has 0 aliphatic heterocycles. The van der Waals surface area contributed by atoms with Crippen molar-refractivity contribution in [3.8, 4) is 5.75 Å². The molecular formula is C39H71NO3. The summed E-state index contributed by atoms with van der Waals surface area (Å²) in [6.45, 7) is 7.11. The molecule has 0 bridgehead atoms. The fraction of sp³-hybridized carbons (Fsp3) is 0.821. The minimum Gasteiger partial charge on any atom is -0.497 e. The fourth-order valence-electron chi connectivity index (χ4n) is 5.93. The topological polar surface area (TPSA) is 47.6 Å². The van der Waals surface area contributed by atoms with Crippen LogP contribution in [0.2, 0.25) is 0 Å². The number of rotatable bonds is 32. The molecular weight excluding hydrogens is 530 g/mol. The summed E-state index contributed by atoms with van der Waals surface area (Å²) in [5.41, 5.74) is 1.28. The van der Waals surface area contributed by atoms with Crippen LogP contribution in [0.5, 0.6) is 5.75 Å². The third-order valence-corrected chi connectivity index (χ3v) is 8.88. The number of carbonyl (C=O) groups excluding carboxylic acids is 1. The van der Waals surface area contributed by atoms with Crippen LogP contribution in [-0.2, 0) is 16.1 Å². The monoisotopic (exact) mass is 602 g/mol. The van der Waals surface area contributed by atoms with Gasteiger partial charge in [-0.25, -0.2) is 0 Å². The lowest BCUT2D eigenvalue weighted by atomic mass is 9.94. The van der Waals surface area contributed by atoms with Crippen molar-refractivity contribution in [3.63, 3.8) is 0 Å². The molecule has 0 fully saturated rings. The molecule has 4 nitrogen and oxygen atoms in total. The number of carbonyl (C=O) groups is 1. The minimum absolute atomic E-state index is 0.0155. The molecule has 0 amide bonds. The van der Waals surface area contributed by atoms with Gasteiger partial charge in [-0.2, -0.15) is 0 Å². The Kier molecular flexibility index (Phi) is 28.0. The highest BCUT2D eigenvalue weighted by molar-refractivity contribution is 5.69. The highest BCUT2D eigenvalue weighted by atomic mass is 16.5. The molecule has 1 N–H and O–H groups in total. The van der Waals surface area contributed by atoms with Crippen molar-refractivity contribution in [2.24, 2.45) is 5.92 Å². The van der Waals surface area contributed by atoms with E-state index in [1.807, 2.05) is 12.1 Å². The van der Waals surface area contributed by atoms with Gasteiger partial charge in [0.05, 0.1) is 13.7 Å². The molecule has 0 unspecified atom stereocenters. The van der Waals surface area contributed by atoms with Crippen LogP contribution in [0, 0.1) is 5.92 Å². The Balaban J connectivity index is 2.15. The number of nitrogens with one attached hydrogen (secondary N) is 1. The van der Waals surface area contributed by atoms with Gasteiger partial charge in [0.25, 0.3) is 0 Å². The zero-order valence-corrected chi connectivity index (χ0v) is 28.9. The van der Waals surface area contributed by atoms with Crippen LogP contribution in [-0.4, -0.2) is 26.2 Å². The molecule has 0 saturated carbocycles. The summed E-state index contributed by atoms with van der Waals surface area (Å²) in [6, 6.07) is 8.23. The van der Waals surface area contributed by atoms with E-state index in [4.69, 9.17) is 9.47 Å². The standard InChI is InChI=1S/C39H71NO3/c1-4-6-8-10-12-14-16-18-22-26-37(27-23-19-17-15-13-11-9-7-5-2)35-43-39(41)28-24-20-21-25-33-40-34-36-29-31-38(42-3)32-30-36/h29-32,37,40H,4-28,33-35H2,1-3H3. The number of methoxy groups -OCH3 is 1. The van der Waals surface area contributed by atoms with Gasteiger partial charge in [0.2, 0.25) is 0 Å². The molecule has 0 heterocycles. The first-order chi connectivity index (χ1) is 21.2. The number of ether oxygens (including phenoxy) is 2. The highest BCUT2D eigenvalue weighted by Crippen LogP contribution is 2.21. The van der Waals surface area contributed by atoms with Crippen molar-refractivity contribution in [2.75, 3.05) is 20.3 Å². The Bertz CT molecular complexity index is 698. The van der Waals surface area contributed by atoms with Crippen LogP contribution >= 0.6 is 0 Å². The molecule has 43 heavy (non-hydrogen) atoms. The van der Waals surface area contributed by atoms with Crippen molar-refractivity contribution < 1.29 is 14.3 Å². The lowest BCUT2D eigenvalue weighted by Crippen LogP contribution is -2.15. The molecule has 0 aliphatic carbocycles. The van der Waals surface area contributed by atoms with Crippen molar-refractivity contribution in [1.29, 1.82) is 0 Å². The van der Waals surface area contributed by atoms with Crippen LogP contribution in [0.25, 0.3) is 0 Å². The van der Waals surface area contributed by atoms with E-state index in [1.165, 1.54) is 134 Å². The van der Waals surface area contributed by atoms with Crippen molar-refractivity contribution >= 4 is 5.97 Å². The smallest absolute Gasteiger partial charge is 0.305 e. The van der Waals surface area contributed by atoms with Crippen molar-refractivity contribution in [3.05, 3.63) is 29.8 Å². The molecule has 4 heteroatoms. The zero-order valence-electron chi connectivity index (χ0n) is 28.9. The Hall–Kier alpha value is -1.55. The second-order valence-corrected chi connectivity index (χ2v) is 13.0. The third-order valence-electron chi connectivity index (χ3n) is 8.88. The average molecular weight is 602 g/mol. The van der Waals surface area contributed by atoms with Gasteiger partial charge in [-0.05, 0) is 55.8 Å². The molecule has 0 atom stereocenters. The first-order valence-corrected chi connectivity index (χ1v) is 18.7. The third kappa shape index (κ3) is 25.5. The highest BCUT2D eigenvalue weighted by Gasteiger charge is 2.12. The molecule has 1 aromatic carbocycles. The SMILES string of the molecule is CCCCCCCCCCCC(CCCCCCCCCCC)COC(=O)CCCCCCNCc1ccc(OC)cc1. The summed E-state index contributed by atoms with van der Waals surface area (Å²) in [7, 11) is 1.70. The molecule has 1 aromatic rings. The van der Waals surface area contributed by atoms with E-state index in [9.17, 15) is 4.79 Å². The summed E-state index contributed by atoms with van der Waals surface area (Å²) in [6.07, 6.45) is 32.0. The molecule has 1 rings (SSSR count). The van der Waals surface area contributed by atoms with E-state index < -0.39 is 0 Å². The van der Waals surface area contributed by atoms with E-state index in [0.29, 0.717) is 18.9 Å². The number of benzene rings is 1. The van der Waals surface area contributed by atoms with Gasteiger partial charge < -0.3 is 14.8 Å². The first kappa shape index (κ1) is 39.5. The molecule has 0 aromatic heterocycles. The van der Waals surface area contributed by atoms with Crippen LogP contribution in [0.3, 0.4) is 0 Å². The van der Waals surface area contributed by atoms with Crippen LogP contribution < -0.4 is 10.1 Å². The minimum atomic E-state index is 0.0155. The largest absolute Gasteiger partial charge is 0.497 e. The molecule has 0 aliphatic rings. The van der Waals surface area contributed by atoms with E-state index in [1.54, 1.807) is 7.11 Å². The fourth-order valence-corrected chi connectivity index (χ4v) is 5.93.